The SMILES string of the molecule is Cc1nc(C)c(Cl)c(OCC(=O)Nc2ccc(C(=O)O)cc2)c1Cl. The molecular weight excluding hydrogens is 355 g/mol. The van der Waals surface area contributed by atoms with Gasteiger partial charge in [0, 0.05) is 5.69 Å². The lowest BCUT2D eigenvalue weighted by atomic mass is 10.2. The van der Waals surface area contributed by atoms with Gasteiger partial charge in [-0.3, -0.25) is 9.78 Å². The van der Waals surface area contributed by atoms with Gasteiger partial charge in [-0.1, -0.05) is 23.2 Å². The monoisotopic (exact) mass is 368 g/mol. The summed E-state index contributed by atoms with van der Waals surface area (Å²) in [6.07, 6.45) is 0. The number of pyridine rings is 1. The van der Waals surface area contributed by atoms with Gasteiger partial charge in [-0.05, 0) is 38.1 Å². The molecule has 2 rings (SSSR count). The summed E-state index contributed by atoms with van der Waals surface area (Å²) in [5.74, 6) is -1.26. The molecular formula is C16H14Cl2N2O4. The van der Waals surface area contributed by atoms with Gasteiger partial charge in [-0.15, -0.1) is 0 Å². The number of hydrogen-bond donors (Lipinski definition) is 2. The number of hydrogen-bond acceptors (Lipinski definition) is 4. The van der Waals surface area contributed by atoms with Gasteiger partial charge in [0.1, 0.15) is 10.0 Å². The Kier molecular flexibility index (Phi) is 5.64. The third kappa shape index (κ3) is 4.15. The number of anilines is 1. The fraction of sp³-hybridized carbons (Fsp3) is 0.188. The van der Waals surface area contributed by atoms with Gasteiger partial charge in [0.25, 0.3) is 5.91 Å². The summed E-state index contributed by atoms with van der Waals surface area (Å²) in [5.41, 5.74) is 1.69. The standard InChI is InChI=1S/C16H14Cl2N2O4/c1-8-13(17)15(14(18)9(2)19-8)24-7-12(21)20-11-5-3-10(4-6-11)16(22)23/h3-6H,7H2,1-2H3,(H,20,21)(H,22,23). The predicted molar refractivity (Wildman–Crippen MR) is 91.3 cm³/mol. The van der Waals surface area contributed by atoms with Crippen LogP contribution < -0.4 is 10.1 Å². The molecule has 1 aromatic carbocycles. The maximum absolute atomic E-state index is 11.9. The zero-order valence-electron chi connectivity index (χ0n) is 12.9. The zero-order chi connectivity index (χ0) is 17.9. The second-order valence-electron chi connectivity index (χ2n) is 4.96. The quantitative estimate of drug-likeness (QED) is 0.839. The highest BCUT2D eigenvalue weighted by molar-refractivity contribution is 6.37. The summed E-state index contributed by atoms with van der Waals surface area (Å²) in [6, 6.07) is 5.76. The number of carbonyl (C=O) groups excluding carboxylic acids is 1. The molecule has 0 aliphatic rings. The Bertz CT molecular complexity index is 765. The first-order valence-electron chi connectivity index (χ1n) is 6.87. The molecule has 8 heteroatoms. The van der Waals surface area contributed by atoms with Crippen LogP contribution in [-0.2, 0) is 4.79 Å². The highest BCUT2D eigenvalue weighted by atomic mass is 35.5. The molecule has 0 radical (unpaired) electrons. The molecule has 6 nitrogen and oxygen atoms in total. The fourth-order valence-corrected chi connectivity index (χ4v) is 2.36. The average molecular weight is 369 g/mol. The third-order valence-electron chi connectivity index (χ3n) is 3.13. The summed E-state index contributed by atoms with van der Waals surface area (Å²) in [5, 5.41) is 11.9. The van der Waals surface area contributed by atoms with E-state index in [4.69, 9.17) is 33.0 Å². The lowest BCUT2D eigenvalue weighted by Crippen LogP contribution is -2.20. The van der Waals surface area contributed by atoms with Gasteiger partial charge in [0.2, 0.25) is 0 Å². The van der Waals surface area contributed by atoms with Crippen molar-refractivity contribution in [3.63, 3.8) is 0 Å². The molecule has 0 atom stereocenters. The first kappa shape index (κ1) is 18.0. The number of amides is 1. The van der Waals surface area contributed by atoms with Crippen molar-refractivity contribution >= 4 is 40.8 Å². The van der Waals surface area contributed by atoms with E-state index in [9.17, 15) is 9.59 Å². The second kappa shape index (κ2) is 7.51. The van der Waals surface area contributed by atoms with Crippen LogP contribution in [0.2, 0.25) is 10.0 Å². The van der Waals surface area contributed by atoms with E-state index in [-0.39, 0.29) is 28.0 Å². The van der Waals surface area contributed by atoms with E-state index in [1.165, 1.54) is 24.3 Å². The number of aryl methyl sites for hydroxylation is 2. The van der Waals surface area contributed by atoms with Gasteiger partial charge in [-0.2, -0.15) is 0 Å². The van der Waals surface area contributed by atoms with Crippen molar-refractivity contribution in [3.8, 4) is 5.75 Å². The van der Waals surface area contributed by atoms with Crippen LogP contribution in [0.4, 0.5) is 5.69 Å². The molecule has 0 unspecified atom stereocenters. The molecule has 2 N–H and O–H groups in total. The van der Waals surface area contributed by atoms with E-state index >= 15 is 0 Å². The van der Waals surface area contributed by atoms with Gasteiger partial charge >= 0.3 is 5.97 Å². The number of carbonyl (C=O) groups is 2. The van der Waals surface area contributed by atoms with Crippen LogP contribution in [0.25, 0.3) is 0 Å². The summed E-state index contributed by atoms with van der Waals surface area (Å²) >= 11 is 12.2. The van der Waals surface area contributed by atoms with Crippen molar-refractivity contribution in [1.29, 1.82) is 0 Å². The Morgan fingerprint density at radius 1 is 1.12 bits per heavy atom. The van der Waals surface area contributed by atoms with Crippen molar-refractivity contribution in [2.45, 2.75) is 13.8 Å². The Morgan fingerprint density at radius 2 is 1.67 bits per heavy atom. The Labute approximate surface area is 148 Å². The summed E-state index contributed by atoms with van der Waals surface area (Å²) < 4.78 is 5.42. The number of ether oxygens (including phenoxy) is 1. The highest BCUT2D eigenvalue weighted by Gasteiger charge is 2.16. The van der Waals surface area contributed by atoms with E-state index in [0.29, 0.717) is 17.1 Å². The predicted octanol–water partition coefficient (Wildman–Crippen LogP) is 3.72. The molecule has 1 heterocycles. The molecule has 2 aromatic rings. The van der Waals surface area contributed by atoms with Crippen LogP contribution in [-0.4, -0.2) is 28.6 Å². The number of carboxylic acids is 1. The number of aromatic nitrogens is 1. The summed E-state index contributed by atoms with van der Waals surface area (Å²) in [4.78, 5) is 26.9. The molecule has 0 saturated heterocycles. The minimum absolute atomic E-state index is 0.130. The number of carboxylic acid groups (broad SMARTS) is 1. The van der Waals surface area contributed by atoms with Gasteiger partial charge in [-0.25, -0.2) is 4.79 Å². The van der Waals surface area contributed by atoms with Crippen molar-refractivity contribution in [1.82, 2.24) is 4.98 Å². The Hall–Kier alpha value is -2.31. The molecule has 0 saturated carbocycles. The molecule has 24 heavy (non-hydrogen) atoms. The maximum atomic E-state index is 11.9. The topological polar surface area (TPSA) is 88.5 Å². The summed E-state index contributed by atoms with van der Waals surface area (Å²) in [7, 11) is 0. The van der Waals surface area contributed by atoms with Crippen LogP contribution in [0.5, 0.6) is 5.75 Å². The van der Waals surface area contributed by atoms with Crippen molar-refractivity contribution in [2.75, 3.05) is 11.9 Å². The molecule has 0 aliphatic carbocycles. The van der Waals surface area contributed by atoms with Crippen molar-refractivity contribution in [3.05, 3.63) is 51.3 Å². The number of nitrogens with one attached hydrogen (secondary N) is 1. The van der Waals surface area contributed by atoms with E-state index in [2.05, 4.69) is 10.3 Å². The first-order valence-corrected chi connectivity index (χ1v) is 7.63. The van der Waals surface area contributed by atoms with Crippen molar-refractivity contribution < 1.29 is 19.4 Å². The molecule has 0 bridgehead atoms. The van der Waals surface area contributed by atoms with Crippen LogP contribution in [0.15, 0.2) is 24.3 Å². The van der Waals surface area contributed by atoms with Crippen LogP contribution >= 0.6 is 23.2 Å². The molecule has 1 aromatic heterocycles. The second-order valence-corrected chi connectivity index (χ2v) is 5.71. The summed E-state index contributed by atoms with van der Waals surface area (Å²) in [6.45, 7) is 3.12. The first-order chi connectivity index (χ1) is 11.3. The minimum Gasteiger partial charge on any atom is -0.480 e. The number of benzene rings is 1. The average Bonchev–Trinajstić information content (AvgIpc) is 2.53. The molecule has 0 fully saturated rings. The normalized spacial score (nSPS) is 10.3. The Balaban J connectivity index is 2.02. The van der Waals surface area contributed by atoms with E-state index in [1.54, 1.807) is 13.8 Å². The van der Waals surface area contributed by atoms with Gasteiger partial charge in [0.05, 0.1) is 17.0 Å². The zero-order valence-corrected chi connectivity index (χ0v) is 14.4. The van der Waals surface area contributed by atoms with Gasteiger partial charge in [0.15, 0.2) is 12.4 Å². The van der Waals surface area contributed by atoms with E-state index < -0.39 is 11.9 Å². The number of nitrogens with zero attached hydrogens (tertiary/aromatic N) is 1. The van der Waals surface area contributed by atoms with Gasteiger partial charge < -0.3 is 15.2 Å². The number of halogens is 2. The molecule has 0 spiro atoms. The van der Waals surface area contributed by atoms with Crippen LogP contribution in [0, 0.1) is 13.8 Å². The van der Waals surface area contributed by atoms with Crippen LogP contribution in [0.1, 0.15) is 21.7 Å². The third-order valence-corrected chi connectivity index (χ3v) is 4.02. The smallest absolute Gasteiger partial charge is 0.335 e. The molecule has 126 valence electrons. The molecule has 1 amide bonds. The Morgan fingerprint density at radius 3 is 2.17 bits per heavy atom. The lowest BCUT2D eigenvalue weighted by molar-refractivity contribution is -0.118. The highest BCUT2D eigenvalue weighted by Crippen LogP contribution is 2.36. The lowest BCUT2D eigenvalue weighted by Gasteiger charge is -2.13. The molecule has 0 aliphatic heterocycles. The number of rotatable bonds is 5. The maximum Gasteiger partial charge on any atom is 0.335 e. The van der Waals surface area contributed by atoms with E-state index in [1.807, 2.05) is 0 Å². The fourth-order valence-electron chi connectivity index (χ4n) is 1.93. The van der Waals surface area contributed by atoms with E-state index in [0.717, 1.165) is 0 Å². The largest absolute Gasteiger partial charge is 0.480 e. The van der Waals surface area contributed by atoms with Crippen LogP contribution in [0.3, 0.4) is 0 Å². The minimum atomic E-state index is -1.04. The van der Waals surface area contributed by atoms with Crippen molar-refractivity contribution in [2.24, 2.45) is 0 Å². The number of aromatic carboxylic acids is 1.